The van der Waals surface area contributed by atoms with Gasteiger partial charge in [0.05, 0.1) is 5.66 Å². The van der Waals surface area contributed by atoms with Crippen LogP contribution in [0.3, 0.4) is 0 Å². The average Bonchev–Trinajstić information content (AvgIpc) is 3.19. The normalized spacial score (nSPS) is 30.7. The molecule has 3 nitrogen and oxygen atoms in total. The Kier molecular flexibility index (Phi) is 2.27. The summed E-state index contributed by atoms with van der Waals surface area (Å²) >= 11 is 0. The molecule has 19 heavy (non-hydrogen) atoms. The predicted octanol–water partition coefficient (Wildman–Crippen LogP) is 3.89. The largest absolute Gasteiger partial charge is 0.363 e. The number of rotatable bonds is 2. The second-order valence-electron chi connectivity index (χ2n) is 5.35. The van der Waals surface area contributed by atoms with E-state index in [2.05, 4.69) is 30.3 Å². The number of hydrogen-bond acceptors (Lipinski definition) is 3. The van der Waals surface area contributed by atoms with Gasteiger partial charge in [-0.1, -0.05) is 36.4 Å². The van der Waals surface area contributed by atoms with Gasteiger partial charge in [0.25, 0.3) is 0 Å². The van der Waals surface area contributed by atoms with Crippen LogP contribution in [0.2, 0.25) is 0 Å². The molecule has 4 unspecified atom stereocenters. The molecule has 0 amide bonds. The zero-order chi connectivity index (χ0) is 13.2. The smallest absolute Gasteiger partial charge is 0.209 e. The van der Waals surface area contributed by atoms with Gasteiger partial charge in [-0.25, -0.2) is 0 Å². The highest BCUT2D eigenvalue weighted by Crippen LogP contribution is 2.68. The molecule has 1 aliphatic carbocycles. The van der Waals surface area contributed by atoms with Crippen LogP contribution in [0.5, 0.6) is 0 Å². The van der Waals surface area contributed by atoms with Crippen LogP contribution in [-0.4, -0.2) is 19.9 Å². The highest BCUT2D eigenvalue weighted by atomic mass is 31.2. The SMILES string of the molecule is COP(C)(=O)C1c2cccc3cccc(c23)C2OC21. The van der Waals surface area contributed by atoms with Gasteiger partial charge >= 0.3 is 0 Å². The van der Waals surface area contributed by atoms with Crippen molar-refractivity contribution in [3.8, 4) is 0 Å². The predicted molar refractivity (Wildman–Crippen MR) is 74.8 cm³/mol. The first-order valence-corrected chi connectivity index (χ1v) is 8.57. The molecule has 1 fully saturated rings. The number of benzene rings is 2. The fourth-order valence-corrected chi connectivity index (χ4v) is 5.02. The third kappa shape index (κ3) is 1.50. The maximum absolute atomic E-state index is 12.7. The quantitative estimate of drug-likeness (QED) is 0.616. The van der Waals surface area contributed by atoms with E-state index in [0.29, 0.717) is 0 Å². The van der Waals surface area contributed by atoms with Crippen LogP contribution < -0.4 is 0 Å². The topological polar surface area (TPSA) is 38.8 Å². The molecule has 4 atom stereocenters. The lowest BCUT2D eigenvalue weighted by molar-refractivity contribution is 0.348. The van der Waals surface area contributed by atoms with E-state index in [-0.39, 0.29) is 17.9 Å². The molecule has 1 aliphatic heterocycles. The van der Waals surface area contributed by atoms with Gasteiger partial charge in [-0.3, -0.25) is 4.57 Å². The number of hydrogen-bond donors (Lipinski definition) is 0. The Morgan fingerprint density at radius 3 is 2.53 bits per heavy atom. The van der Waals surface area contributed by atoms with Crippen molar-refractivity contribution in [3.05, 3.63) is 47.5 Å². The van der Waals surface area contributed by atoms with E-state index in [1.807, 2.05) is 6.07 Å². The lowest BCUT2D eigenvalue weighted by Crippen LogP contribution is -2.13. The van der Waals surface area contributed by atoms with Gasteiger partial charge < -0.3 is 9.26 Å². The van der Waals surface area contributed by atoms with Crippen LogP contribution in [-0.2, 0) is 13.8 Å². The summed E-state index contributed by atoms with van der Waals surface area (Å²) in [4.78, 5) is 0. The van der Waals surface area contributed by atoms with Crippen LogP contribution in [0.4, 0.5) is 0 Å². The van der Waals surface area contributed by atoms with E-state index in [4.69, 9.17) is 9.26 Å². The molecule has 0 saturated carbocycles. The second kappa shape index (κ2) is 3.69. The molecule has 0 spiro atoms. The Hall–Kier alpha value is -1.15. The summed E-state index contributed by atoms with van der Waals surface area (Å²) in [6.45, 7) is 1.71. The zero-order valence-corrected chi connectivity index (χ0v) is 11.8. The van der Waals surface area contributed by atoms with Crippen LogP contribution in [0.15, 0.2) is 36.4 Å². The van der Waals surface area contributed by atoms with Gasteiger partial charge in [-0.2, -0.15) is 0 Å². The maximum Gasteiger partial charge on any atom is 0.209 e. The third-order valence-electron chi connectivity index (χ3n) is 4.30. The van der Waals surface area contributed by atoms with E-state index < -0.39 is 7.37 Å². The number of epoxide rings is 1. The van der Waals surface area contributed by atoms with Crippen molar-refractivity contribution in [2.75, 3.05) is 13.8 Å². The summed E-state index contributed by atoms with van der Waals surface area (Å²) in [5.74, 6) is 0. The second-order valence-corrected chi connectivity index (χ2v) is 8.09. The Labute approximate surface area is 112 Å². The van der Waals surface area contributed by atoms with Crippen molar-refractivity contribution in [2.24, 2.45) is 0 Å². The van der Waals surface area contributed by atoms with Crippen LogP contribution in [0.1, 0.15) is 22.9 Å². The highest BCUT2D eigenvalue weighted by Gasteiger charge is 2.56. The summed E-state index contributed by atoms with van der Waals surface area (Å²) in [7, 11) is -1.18. The monoisotopic (exact) mass is 274 g/mol. The minimum Gasteiger partial charge on any atom is -0.363 e. The zero-order valence-electron chi connectivity index (χ0n) is 10.9. The minimum absolute atomic E-state index is 0.0104. The molecule has 0 bridgehead atoms. The van der Waals surface area contributed by atoms with Crippen molar-refractivity contribution in [1.29, 1.82) is 0 Å². The molecular weight excluding hydrogens is 259 g/mol. The lowest BCUT2D eigenvalue weighted by atomic mass is 9.88. The summed E-state index contributed by atoms with van der Waals surface area (Å²) in [6, 6.07) is 12.4. The van der Waals surface area contributed by atoms with Crippen LogP contribution in [0, 0.1) is 0 Å². The van der Waals surface area contributed by atoms with Crippen LogP contribution >= 0.6 is 7.37 Å². The first-order chi connectivity index (χ1) is 9.13. The molecule has 98 valence electrons. The van der Waals surface area contributed by atoms with E-state index in [1.54, 1.807) is 6.66 Å². The van der Waals surface area contributed by atoms with E-state index in [9.17, 15) is 4.57 Å². The molecule has 1 saturated heterocycles. The van der Waals surface area contributed by atoms with Crippen molar-refractivity contribution in [1.82, 2.24) is 0 Å². The van der Waals surface area contributed by atoms with E-state index in [0.717, 1.165) is 5.56 Å². The Morgan fingerprint density at radius 1 is 1.16 bits per heavy atom. The fourth-order valence-electron chi connectivity index (χ4n) is 3.31. The van der Waals surface area contributed by atoms with Gasteiger partial charge in [0.15, 0.2) is 0 Å². The molecule has 4 rings (SSSR count). The first-order valence-electron chi connectivity index (χ1n) is 6.43. The molecule has 2 aromatic carbocycles. The molecular formula is C15H15O3P. The van der Waals surface area contributed by atoms with Crippen molar-refractivity contribution in [2.45, 2.75) is 17.9 Å². The summed E-state index contributed by atoms with van der Waals surface area (Å²) in [6.07, 6.45) is 0.100. The van der Waals surface area contributed by atoms with Crippen LogP contribution in [0.25, 0.3) is 10.8 Å². The lowest BCUT2D eigenvalue weighted by Gasteiger charge is -2.26. The van der Waals surface area contributed by atoms with Gasteiger partial charge in [0, 0.05) is 13.8 Å². The first kappa shape index (κ1) is 11.7. The standard InChI is InChI=1S/C15H15O3P/c1-17-19(2,16)15-11-8-4-6-9-5-3-7-10(12(9)11)13-14(15)18-13/h3-8,13-15H,1-2H3. The third-order valence-corrected chi connectivity index (χ3v) is 6.61. The van der Waals surface area contributed by atoms with E-state index in [1.165, 1.54) is 23.4 Å². The van der Waals surface area contributed by atoms with E-state index >= 15 is 0 Å². The summed E-state index contributed by atoms with van der Waals surface area (Å²) < 4.78 is 23.8. The van der Waals surface area contributed by atoms with Crippen molar-refractivity contribution >= 4 is 18.1 Å². The number of ether oxygens (including phenoxy) is 1. The van der Waals surface area contributed by atoms with Gasteiger partial charge in [-0.05, 0) is 21.9 Å². The molecule has 1 heterocycles. The fraction of sp³-hybridized carbons (Fsp3) is 0.333. The Morgan fingerprint density at radius 2 is 1.84 bits per heavy atom. The average molecular weight is 274 g/mol. The van der Waals surface area contributed by atoms with Crippen molar-refractivity contribution < 1.29 is 13.8 Å². The van der Waals surface area contributed by atoms with Crippen molar-refractivity contribution in [3.63, 3.8) is 0 Å². The highest BCUT2D eigenvalue weighted by molar-refractivity contribution is 7.58. The molecule has 2 aromatic rings. The minimum atomic E-state index is -2.70. The Balaban J connectivity index is 2.05. The van der Waals surface area contributed by atoms with Gasteiger partial charge in [0.1, 0.15) is 12.2 Å². The maximum atomic E-state index is 12.7. The molecule has 2 aliphatic rings. The molecule has 4 heteroatoms. The Bertz CT molecular complexity index is 719. The van der Waals surface area contributed by atoms with Gasteiger partial charge in [-0.15, -0.1) is 0 Å². The molecule has 0 N–H and O–H groups in total. The number of fused-ring (bicyclic) bond motifs is 2. The summed E-state index contributed by atoms with van der Waals surface area (Å²) in [5.41, 5.74) is 2.20. The van der Waals surface area contributed by atoms with Gasteiger partial charge in [0.2, 0.25) is 7.37 Å². The summed E-state index contributed by atoms with van der Waals surface area (Å²) in [5, 5.41) is 2.39. The molecule has 0 radical (unpaired) electrons. The molecule has 0 aromatic heterocycles.